The summed E-state index contributed by atoms with van der Waals surface area (Å²) in [7, 11) is -2.13. The van der Waals surface area contributed by atoms with Gasteiger partial charge in [0.25, 0.3) is 0 Å². The highest BCUT2D eigenvalue weighted by atomic mass is 32.2. The summed E-state index contributed by atoms with van der Waals surface area (Å²) in [5.74, 6) is 0. The Morgan fingerprint density at radius 2 is 1.44 bits per heavy atom. The Morgan fingerprint density at radius 3 is 1.44 bits per heavy atom. The standard InChI is InChI=1S/C4H6O2S.CH4O/c1-3-7(5,6)4-2;1-2/h3-4H,1-2H2;2H,1H3. The van der Waals surface area contributed by atoms with Gasteiger partial charge in [0.05, 0.1) is 0 Å². The number of aliphatic hydroxyl groups is 1. The van der Waals surface area contributed by atoms with Crippen LogP contribution in [0.1, 0.15) is 0 Å². The van der Waals surface area contributed by atoms with Gasteiger partial charge in [0.2, 0.25) is 0 Å². The Hall–Kier alpha value is -0.610. The van der Waals surface area contributed by atoms with Crippen molar-refractivity contribution in [2.75, 3.05) is 7.11 Å². The molecule has 0 aliphatic heterocycles. The number of rotatable bonds is 2. The van der Waals surface area contributed by atoms with E-state index in [2.05, 4.69) is 13.2 Å². The van der Waals surface area contributed by atoms with Gasteiger partial charge in [-0.1, -0.05) is 13.2 Å². The summed E-state index contributed by atoms with van der Waals surface area (Å²) in [6.45, 7) is 6.09. The molecule has 3 nitrogen and oxygen atoms in total. The fourth-order valence-electron chi connectivity index (χ4n) is 0.0680. The molecule has 1 N–H and O–H groups in total. The molecule has 0 aromatic heterocycles. The number of hydrogen-bond acceptors (Lipinski definition) is 3. The predicted octanol–water partition coefficient (Wildman–Crippen LogP) is 0.297. The predicted molar refractivity (Wildman–Crippen MR) is 37.5 cm³/mol. The molecule has 0 aliphatic rings. The van der Waals surface area contributed by atoms with Crippen LogP contribution in [0.25, 0.3) is 0 Å². The van der Waals surface area contributed by atoms with Gasteiger partial charge < -0.3 is 5.11 Å². The zero-order valence-corrected chi connectivity index (χ0v) is 6.06. The molecule has 0 bridgehead atoms. The Bertz CT molecular complexity index is 153. The fourth-order valence-corrected chi connectivity index (χ4v) is 0.204. The lowest BCUT2D eigenvalue weighted by Crippen LogP contribution is -1.83. The Labute approximate surface area is 55.2 Å². The molecule has 0 spiro atoms. The Kier molecular flexibility index (Phi) is 6.89. The lowest BCUT2D eigenvalue weighted by molar-refractivity contribution is 0.399. The molecule has 0 rings (SSSR count). The third-order valence-corrected chi connectivity index (χ3v) is 1.39. The molecule has 0 aromatic carbocycles. The van der Waals surface area contributed by atoms with E-state index in [0.717, 1.165) is 17.9 Å². The van der Waals surface area contributed by atoms with Gasteiger partial charge in [0.15, 0.2) is 9.84 Å². The molecule has 0 radical (unpaired) electrons. The molecule has 0 saturated heterocycles. The summed E-state index contributed by atoms with van der Waals surface area (Å²) in [6, 6.07) is 0. The van der Waals surface area contributed by atoms with Gasteiger partial charge in [-0.15, -0.1) is 0 Å². The summed E-state index contributed by atoms with van der Waals surface area (Å²) in [5, 5.41) is 8.69. The molecule has 4 heteroatoms. The van der Waals surface area contributed by atoms with Crippen LogP contribution in [0.15, 0.2) is 24.0 Å². The van der Waals surface area contributed by atoms with Crippen molar-refractivity contribution in [1.29, 1.82) is 0 Å². The van der Waals surface area contributed by atoms with Gasteiger partial charge in [0.1, 0.15) is 0 Å². The first kappa shape index (κ1) is 11.2. The van der Waals surface area contributed by atoms with E-state index in [1.165, 1.54) is 0 Å². The van der Waals surface area contributed by atoms with Gasteiger partial charge in [0, 0.05) is 17.9 Å². The SMILES string of the molecule is C=CS(=O)(=O)C=C.CO. The first-order chi connectivity index (χ1) is 4.12. The van der Waals surface area contributed by atoms with E-state index in [1.807, 2.05) is 0 Å². The zero-order chi connectivity index (χ0) is 7.91. The van der Waals surface area contributed by atoms with Crippen LogP contribution in [-0.4, -0.2) is 20.6 Å². The summed E-state index contributed by atoms with van der Waals surface area (Å²) in [4.78, 5) is 0. The minimum atomic E-state index is -3.13. The maximum absolute atomic E-state index is 10.1. The molecule has 54 valence electrons. The van der Waals surface area contributed by atoms with E-state index in [-0.39, 0.29) is 0 Å². The van der Waals surface area contributed by atoms with Crippen molar-refractivity contribution in [3.05, 3.63) is 24.0 Å². The van der Waals surface area contributed by atoms with Crippen molar-refractivity contribution in [2.24, 2.45) is 0 Å². The monoisotopic (exact) mass is 150 g/mol. The van der Waals surface area contributed by atoms with E-state index >= 15 is 0 Å². The lowest BCUT2D eigenvalue weighted by Gasteiger charge is -1.78. The molecule has 0 fully saturated rings. The van der Waals surface area contributed by atoms with Gasteiger partial charge in [-0.05, 0) is 0 Å². The third kappa shape index (κ3) is 7.39. The highest BCUT2D eigenvalue weighted by Crippen LogP contribution is 1.87. The number of hydrogen-bond donors (Lipinski definition) is 1. The van der Waals surface area contributed by atoms with Gasteiger partial charge >= 0.3 is 0 Å². The van der Waals surface area contributed by atoms with Gasteiger partial charge in [-0.2, -0.15) is 0 Å². The second kappa shape index (κ2) is 5.53. The maximum atomic E-state index is 10.1. The number of sulfone groups is 1. The molecule has 0 atom stereocenters. The van der Waals surface area contributed by atoms with Crippen LogP contribution in [0.5, 0.6) is 0 Å². The molecule has 0 unspecified atom stereocenters. The normalized spacial score (nSPS) is 8.67. The van der Waals surface area contributed by atoms with Crippen LogP contribution in [-0.2, 0) is 9.84 Å². The summed E-state index contributed by atoms with van der Waals surface area (Å²) >= 11 is 0. The molecule has 0 aromatic rings. The molecule has 0 amide bonds. The Balaban J connectivity index is 0. The van der Waals surface area contributed by atoms with Crippen molar-refractivity contribution in [1.82, 2.24) is 0 Å². The maximum Gasteiger partial charge on any atom is 0.191 e. The average Bonchev–Trinajstić information content (AvgIpc) is 1.93. The van der Waals surface area contributed by atoms with E-state index in [1.54, 1.807) is 0 Å². The summed E-state index contributed by atoms with van der Waals surface area (Å²) < 4.78 is 20.3. The smallest absolute Gasteiger partial charge is 0.191 e. The van der Waals surface area contributed by atoms with Crippen molar-refractivity contribution in [2.45, 2.75) is 0 Å². The molecular weight excluding hydrogens is 140 g/mol. The van der Waals surface area contributed by atoms with Gasteiger partial charge in [-0.3, -0.25) is 0 Å². The molecule has 0 heterocycles. The van der Waals surface area contributed by atoms with Gasteiger partial charge in [-0.25, -0.2) is 8.42 Å². The first-order valence-corrected chi connectivity index (χ1v) is 3.68. The van der Waals surface area contributed by atoms with Crippen molar-refractivity contribution < 1.29 is 13.5 Å². The van der Waals surface area contributed by atoms with E-state index in [9.17, 15) is 8.42 Å². The largest absolute Gasteiger partial charge is 0.400 e. The van der Waals surface area contributed by atoms with Crippen LogP contribution in [0, 0.1) is 0 Å². The first-order valence-electron chi connectivity index (χ1n) is 2.07. The highest BCUT2D eigenvalue weighted by molar-refractivity contribution is 7.97. The van der Waals surface area contributed by atoms with Crippen molar-refractivity contribution in [3.63, 3.8) is 0 Å². The lowest BCUT2D eigenvalue weighted by atomic mass is 11.3. The third-order valence-electron chi connectivity index (χ3n) is 0.465. The number of aliphatic hydroxyl groups excluding tert-OH is 1. The van der Waals surface area contributed by atoms with Crippen LogP contribution < -0.4 is 0 Å². The molecular formula is C5H10O3S. The highest BCUT2D eigenvalue weighted by Gasteiger charge is 1.90. The minimum Gasteiger partial charge on any atom is -0.400 e. The average molecular weight is 150 g/mol. The van der Waals surface area contributed by atoms with E-state index in [0.29, 0.717) is 0 Å². The Morgan fingerprint density at radius 1 is 1.22 bits per heavy atom. The van der Waals surface area contributed by atoms with Crippen LogP contribution in [0.3, 0.4) is 0 Å². The van der Waals surface area contributed by atoms with Crippen molar-refractivity contribution in [3.8, 4) is 0 Å². The van der Waals surface area contributed by atoms with Crippen molar-refractivity contribution >= 4 is 9.84 Å². The molecule has 0 saturated carbocycles. The van der Waals surface area contributed by atoms with E-state index < -0.39 is 9.84 Å². The summed E-state index contributed by atoms with van der Waals surface area (Å²) in [6.07, 6.45) is 0. The minimum absolute atomic E-state index is 0.847. The van der Waals surface area contributed by atoms with Crippen LogP contribution in [0.2, 0.25) is 0 Å². The zero-order valence-electron chi connectivity index (χ0n) is 5.24. The fraction of sp³-hybridized carbons (Fsp3) is 0.200. The summed E-state index contributed by atoms with van der Waals surface area (Å²) in [5.41, 5.74) is 0. The second-order valence-electron chi connectivity index (χ2n) is 0.922. The molecule has 0 aliphatic carbocycles. The molecule has 9 heavy (non-hydrogen) atoms. The second-order valence-corrected chi connectivity index (χ2v) is 2.77. The topological polar surface area (TPSA) is 54.4 Å². The van der Waals surface area contributed by atoms with Crippen LogP contribution in [0.4, 0.5) is 0 Å². The van der Waals surface area contributed by atoms with E-state index in [4.69, 9.17) is 5.11 Å². The van der Waals surface area contributed by atoms with Crippen LogP contribution >= 0.6 is 0 Å². The quantitative estimate of drug-likeness (QED) is 0.615.